The summed E-state index contributed by atoms with van der Waals surface area (Å²) < 4.78 is 5.61. The van der Waals surface area contributed by atoms with E-state index in [0.29, 0.717) is 6.61 Å². The fourth-order valence-corrected chi connectivity index (χ4v) is 2.33. The summed E-state index contributed by atoms with van der Waals surface area (Å²) >= 11 is 0. The molecule has 20 heavy (non-hydrogen) atoms. The Morgan fingerprint density at radius 2 is 2.20 bits per heavy atom. The molecule has 1 aromatic heterocycles. The minimum absolute atomic E-state index is 0.0374. The van der Waals surface area contributed by atoms with E-state index in [4.69, 9.17) is 9.84 Å². The molecule has 0 saturated heterocycles. The van der Waals surface area contributed by atoms with Crippen molar-refractivity contribution in [3.63, 3.8) is 0 Å². The predicted octanol–water partition coefficient (Wildman–Crippen LogP) is 2.72. The number of hydrogen-bond acceptors (Lipinski definition) is 4. The third-order valence-corrected chi connectivity index (χ3v) is 3.28. The molecule has 2 aromatic rings. The Morgan fingerprint density at radius 3 is 3.05 bits per heavy atom. The number of carbonyl (C=O) groups is 1. The summed E-state index contributed by atoms with van der Waals surface area (Å²) in [5.74, 6) is -0.148. The van der Waals surface area contributed by atoms with E-state index in [2.05, 4.69) is 10.3 Å². The number of anilines is 1. The van der Waals surface area contributed by atoms with Crippen LogP contribution in [-0.4, -0.2) is 22.7 Å². The van der Waals surface area contributed by atoms with Crippen LogP contribution in [-0.2, 0) is 0 Å². The highest BCUT2D eigenvalue weighted by Crippen LogP contribution is 2.33. The number of aromatic nitrogens is 1. The average molecular weight is 270 g/mol. The highest BCUT2D eigenvalue weighted by atomic mass is 16.5. The van der Waals surface area contributed by atoms with Gasteiger partial charge in [0, 0.05) is 23.9 Å². The molecule has 1 aromatic carbocycles. The van der Waals surface area contributed by atoms with Crippen LogP contribution in [0.2, 0.25) is 0 Å². The number of hydrogen-bond donors (Lipinski definition) is 2. The molecule has 5 heteroatoms. The highest BCUT2D eigenvalue weighted by Gasteiger charge is 2.21. The SMILES string of the molecule is O=C(O)c1cc(NC2CCOc3ccccc32)ccn1. The number of nitrogens with zero attached hydrogens (tertiary/aromatic N) is 1. The van der Waals surface area contributed by atoms with E-state index in [1.54, 1.807) is 12.1 Å². The summed E-state index contributed by atoms with van der Waals surface area (Å²) in [5, 5.41) is 12.3. The van der Waals surface area contributed by atoms with E-state index in [-0.39, 0.29) is 11.7 Å². The van der Waals surface area contributed by atoms with E-state index < -0.39 is 5.97 Å². The molecule has 2 N–H and O–H groups in total. The first kappa shape index (κ1) is 12.5. The second kappa shape index (κ2) is 5.21. The van der Waals surface area contributed by atoms with Crippen molar-refractivity contribution in [2.45, 2.75) is 12.5 Å². The van der Waals surface area contributed by atoms with Gasteiger partial charge >= 0.3 is 5.97 Å². The van der Waals surface area contributed by atoms with E-state index in [0.717, 1.165) is 23.4 Å². The second-order valence-corrected chi connectivity index (χ2v) is 4.61. The molecular formula is C15H14N2O3. The van der Waals surface area contributed by atoms with Gasteiger partial charge < -0.3 is 15.2 Å². The van der Waals surface area contributed by atoms with Crippen LogP contribution in [0.5, 0.6) is 5.75 Å². The average Bonchev–Trinajstić information content (AvgIpc) is 2.48. The Morgan fingerprint density at radius 1 is 1.35 bits per heavy atom. The topological polar surface area (TPSA) is 71.5 Å². The summed E-state index contributed by atoms with van der Waals surface area (Å²) in [7, 11) is 0. The lowest BCUT2D eigenvalue weighted by molar-refractivity contribution is 0.0690. The van der Waals surface area contributed by atoms with Crippen molar-refractivity contribution in [3.8, 4) is 5.75 Å². The Balaban J connectivity index is 1.85. The van der Waals surface area contributed by atoms with Crippen LogP contribution in [0.25, 0.3) is 0 Å². The molecule has 0 radical (unpaired) electrons. The molecule has 0 amide bonds. The molecule has 1 unspecified atom stereocenters. The molecule has 102 valence electrons. The molecule has 0 bridgehead atoms. The first-order valence-corrected chi connectivity index (χ1v) is 6.41. The van der Waals surface area contributed by atoms with E-state index in [1.807, 2.05) is 24.3 Å². The van der Waals surface area contributed by atoms with E-state index in [9.17, 15) is 4.79 Å². The fourth-order valence-electron chi connectivity index (χ4n) is 2.33. The Hall–Kier alpha value is -2.56. The van der Waals surface area contributed by atoms with Crippen molar-refractivity contribution in [2.24, 2.45) is 0 Å². The monoisotopic (exact) mass is 270 g/mol. The van der Waals surface area contributed by atoms with Crippen LogP contribution < -0.4 is 10.1 Å². The van der Waals surface area contributed by atoms with Crippen LogP contribution in [0.15, 0.2) is 42.6 Å². The van der Waals surface area contributed by atoms with Gasteiger partial charge in [0.05, 0.1) is 12.6 Å². The summed E-state index contributed by atoms with van der Waals surface area (Å²) in [6.45, 7) is 0.644. The van der Waals surface area contributed by atoms with Gasteiger partial charge in [-0.1, -0.05) is 18.2 Å². The predicted molar refractivity (Wildman–Crippen MR) is 74.1 cm³/mol. The number of aromatic carboxylic acids is 1. The molecule has 0 aliphatic carbocycles. The largest absolute Gasteiger partial charge is 0.493 e. The minimum Gasteiger partial charge on any atom is -0.493 e. The van der Waals surface area contributed by atoms with Crippen molar-refractivity contribution in [2.75, 3.05) is 11.9 Å². The molecule has 1 atom stereocenters. The van der Waals surface area contributed by atoms with Gasteiger partial charge in [-0.15, -0.1) is 0 Å². The van der Waals surface area contributed by atoms with Crippen LogP contribution in [0.1, 0.15) is 28.5 Å². The van der Waals surface area contributed by atoms with Crippen LogP contribution >= 0.6 is 0 Å². The number of rotatable bonds is 3. The molecule has 0 fully saturated rings. The van der Waals surface area contributed by atoms with Gasteiger partial charge in [-0.2, -0.15) is 0 Å². The van der Waals surface area contributed by atoms with Crippen molar-refractivity contribution in [3.05, 3.63) is 53.9 Å². The maximum Gasteiger partial charge on any atom is 0.354 e. The maximum absolute atomic E-state index is 10.9. The number of pyridine rings is 1. The van der Waals surface area contributed by atoms with Crippen molar-refractivity contribution < 1.29 is 14.6 Å². The lowest BCUT2D eigenvalue weighted by Gasteiger charge is -2.27. The number of carboxylic acid groups (broad SMARTS) is 1. The molecular weight excluding hydrogens is 256 g/mol. The summed E-state index contributed by atoms with van der Waals surface area (Å²) in [6.07, 6.45) is 2.33. The number of para-hydroxylation sites is 1. The number of carboxylic acids is 1. The zero-order chi connectivity index (χ0) is 13.9. The zero-order valence-electron chi connectivity index (χ0n) is 10.7. The van der Waals surface area contributed by atoms with Crippen LogP contribution in [0, 0.1) is 0 Å². The lowest BCUT2D eigenvalue weighted by Crippen LogP contribution is -2.20. The maximum atomic E-state index is 10.9. The van der Waals surface area contributed by atoms with Gasteiger partial charge in [-0.25, -0.2) is 9.78 Å². The highest BCUT2D eigenvalue weighted by molar-refractivity contribution is 5.86. The molecule has 2 heterocycles. The van der Waals surface area contributed by atoms with Gasteiger partial charge in [0.25, 0.3) is 0 Å². The van der Waals surface area contributed by atoms with Gasteiger partial charge in [-0.05, 0) is 18.2 Å². The van der Waals surface area contributed by atoms with Crippen molar-refractivity contribution in [1.82, 2.24) is 4.98 Å². The second-order valence-electron chi connectivity index (χ2n) is 4.61. The Kier molecular flexibility index (Phi) is 3.25. The standard InChI is InChI=1S/C15H14N2O3/c18-15(19)13-9-10(5-7-16-13)17-12-6-8-20-14-4-2-1-3-11(12)14/h1-5,7,9,12H,6,8H2,(H,16,17)(H,18,19). The molecule has 1 aliphatic rings. The number of nitrogens with one attached hydrogen (secondary N) is 1. The normalized spacial score (nSPS) is 16.9. The molecule has 5 nitrogen and oxygen atoms in total. The van der Waals surface area contributed by atoms with E-state index >= 15 is 0 Å². The third-order valence-electron chi connectivity index (χ3n) is 3.28. The summed E-state index contributed by atoms with van der Waals surface area (Å²) in [6, 6.07) is 11.3. The minimum atomic E-state index is -1.03. The molecule has 0 saturated carbocycles. The zero-order valence-corrected chi connectivity index (χ0v) is 10.7. The first-order chi connectivity index (χ1) is 9.74. The number of benzene rings is 1. The third kappa shape index (κ3) is 2.42. The fraction of sp³-hybridized carbons (Fsp3) is 0.200. The van der Waals surface area contributed by atoms with Gasteiger partial charge in [-0.3, -0.25) is 0 Å². The Labute approximate surface area is 116 Å². The lowest BCUT2D eigenvalue weighted by atomic mass is 10.0. The van der Waals surface area contributed by atoms with Crippen LogP contribution in [0.4, 0.5) is 5.69 Å². The first-order valence-electron chi connectivity index (χ1n) is 6.41. The molecule has 0 spiro atoms. The molecule has 1 aliphatic heterocycles. The number of ether oxygens (including phenoxy) is 1. The number of fused-ring (bicyclic) bond motifs is 1. The smallest absolute Gasteiger partial charge is 0.354 e. The van der Waals surface area contributed by atoms with Gasteiger partial charge in [0.2, 0.25) is 0 Å². The summed E-state index contributed by atoms with van der Waals surface area (Å²) in [4.78, 5) is 14.7. The van der Waals surface area contributed by atoms with E-state index in [1.165, 1.54) is 6.20 Å². The van der Waals surface area contributed by atoms with Crippen molar-refractivity contribution >= 4 is 11.7 Å². The molecule has 3 rings (SSSR count). The van der Waals surface area contributed by atoms with Gasteiger partial charge in [0.15, 0.2) is 0 Å². The Bertz CT molecular complexity index is 643. The van der Waals surface area contributed by atoms with Crippen LogP contribution in [0.3, 0.4) is 0 Å². The van der Waals surface area contributed by atoms with Crippen molar-refractivity contribution in [1.29, 1.82) is 0 Å². The van der Waals surface area contributed by atoms with Gasteiger partial charge in [0.1, 0.15) is 11.4 Å². The summed E-state index contributed by atoms with van der Waals surface area (Å²) in [5.41, 5.74) is 1.88. The quantitative estimate of drug-likeness (QED) is 0.897.